The van der Waals surface area contributed by atoms with Crippen LogP contribution < -0.4 is 15.0 Å². The van der Waals surface area contributed by atoms with Gasteiger partial charge in [0.25, 0.3) is 0 Å². The number of anilines is 2. The number of ether oxygens (including phenoxy) is 1. The van der Waals surface area contributed by atoms with E-state index < -0.39 is 0 Å². The number of nitrogens with one attached hydrogen (secondary N) is 2. The Balaban J connectivity index is 1.23. The molecule has 0 fully saturated rings. The fraction of sp³-hybridized carbons (Fsp3) is 0.200. The average Bonchev–Trinajstić information content (AvgIpc) is 3.39. The van der Waals surface area contributed by atoms with E-state index in [1.807, 2.05) is 36.4 Å². The van der Waals surface area contributed by atoms with E-state index in [2.05, 4.69) is 50.7 Å². The Labute approximate surface area is 180 Å². The van der Waals surface area contributed by atoms with E-state index in [9.17, 15) is 4.79 Å². The van der Waals surface area contributed by atoms with Crippen molar-refractivity contribution in [3.8, 4) is 5.75 Å². The molecule has 2 N–H and O–H groups in total. The number of benzene rings is 3. The molecule has 1 aliphatic rings. The third-order valence-corrected chi connectivity index (χ3v) is 5.79. The molecule has 6 nitrogen and oxygen atoms in total. The maximum Gasteiger partial charge on any atom is 0.225 e. The molecule has 1 amide bonds. The Morgan fingerprint density at radius 3 is 2.74 bits per heavy atom. The Kier molecular flexibility index (Phi) is 5.04. The second-order valence-corrected chi connectivity index (χ2v) is 7.79. The van der Waals surface area contributed by atoms with Crippen molar-refractivity contribution in [1.29, 1.82) is 0 Å². The molecule has 0 atom stereocenters. The lowest BCUT2D eigenvalue weighted by Crippen LogP contribution is -2.18. The Morgan fingerprint density at radius 2 is 1.87 bits per heavy atom. The van der Waals surface area contributed by atoms with E-state index in [1.54, 1.807) is 7.11 Å². The molecule has 4 aromatic rings. The summed E-state index contributed by atoms with van der Waals surface area (Å²) in [5, 5.41) is 12.8. The number of hydrogen-bond acceptors (Lipinski definition) is 4. The van der Waals surface area contributed by atoms with Gasteiger partial charge in [0.2, 0.25) is 5.91 Å². The number of nitrogens with zero attached hydrogens (tertiary/aromatic N) is 2. The number of methoxy groups -OCH3 is 1. The second-order valence-electron chi connectivity index (χ2n) is 7.79. The van der Waals surface area contributed by atoms with Gasteiger partial charge in [0.05, 0.1) is 25.0 Å². The van der Waals surface area contributed by atoms with Crippen LogP contribution in [0.25, 0.3) is 10.8 Å². The van der Waals surface area contributed by atoms with Gasteiger partial charge < -0.3 is 15.0 Å². The van der Waals surface area contributed by atoms with Gasteiger partial charge in [-0.2, -0.15) is 5.10 Å². The van der Waals surface area contributed by atoms with E-state index >= 15 is 0 Å². The zero-order valence-corrected chi connectivity index (χ0v) is 17.4. The lowest BCUT2D eigenvalue weighted by Gasteiger charge is -2.20. The quantitative estimate of drug-likeness (QED) is 0.483. The average molecular weight is 412 g/mol. The fourth-order valence-corrected chi connectivity index (χ4v) is 4.15. The molecule has 5 rings (SSSR count). The summed E-state index contributed by atoms with van der Waals surface area (Å²) in [7, 11) is 1.68. The van der Waals surface area contributed by atoms with Crippen LogP contribution in [0.15, 0.2) is 66.7 Å². The smallest absolute Gasteiger partial charge is 0.225 e. The van der Waals surface area contributed by atoms with Gasteiger partial charge in [-0.1, -0.05) is 54.6 Å². The highest BCUT2D eigenvalue weighted by Gasteiger charge is 2.27. The van der Waals surface area contributed by atoms with E-state index in [-0.39, 0.29) is 5.91 Å². The summed E-state index contributed by atoms with van der Waals surface area (Å²) in [5.41, 5.74) is 4.24. The van der Waals surface area contributed by atoms with Gasteiger partial charge in [-0.25, -0.2) is 0 Å². The molecule has 0 saturated carbocycles. The Hall–Kier alpha value is -3.80. The topological polar surface area (TPSA) is 70.2 Å². The van der Waals surface area contributed by atoms with Gasteiger partial charge in [-0.05, 0) is 34.9 Å². The summed E-state index contributed by atoms with van der Waals surface area (Å²) in [6, 6.07) is 22.6. The number of aromatic nitrogens is 2. The SMILES string of the molecule is COc1ccccc1N1Cc2[nH]nc(NC(=O)CCc3ccc4ccccc4c3)c2C1. The summed E-state index contributed by atoms with van der Waals surface area (Å²) in [5.74, 6) is 1.43. The lowest BCUT2D eigenvalue weighted by atomic mass is 10.0. The normalized spacial score (nSPS) is 12.7. The zero-order valence-electron chi connectivity index (χ0n) is 17.4. The number of fused-ring (bicyclic) bond motifs is 2. The molecule has 1 aliphatic heterocycles. The van der Waals surface area contributed by atoms with Gasteiger partial charge in [0.15, 0.2) is 5.82 Å². The van der Waals surface area contributed by atoms with Crippen LogP contribution in [-0.2, 0) is 24.3 Å². The maximum absolute atomic E-state index is 12.6. The molecule has 0 spiro atoms. The number of aromatic amines is 1. The largest absolute Gasteiger partial charge is 0.495 e. The number of carbonyl (C=O) groups is 1. The number of amides is 1. The second kappa shape index (κ2) is 8.14. The van der Waals surface area contributed by atoms with Crippen LogP contribution in [0, 0.1) is 0 Å². The zero-order chi connectivity index (χ0) is 21.2. The van der Waals surface area contributed by atoms with Crippen molar-refractivity contribution in [2.75, 3.05) is 17.3 Å². The van der Waals surface area contributed by atoms with Gasteiger partial charge in [-0.15, -0.1) is 0 Å². The first kappa shape index (κ1) is 19.2. The molecule has 0 bridgehead atoms. The molecular weight excluding hydrogens is 388 g/mol. The van der Waals surface area contributed by atoms with Gasteiger partial charge >= 0.3 is 0 Å². The van der Waals surface area contributed by atoms with Crippen LogP contribution in [-0.4, -0.2) is 23.2 Å². The molecule has 0 unspecified atom stereocenters. The van der Waals surface area contributed by atoms with Crippen LogP contribution in [0.1, 0.15) is 23.2 Å². The highest BCUT2D eigenvalue weighted by molar-refractivity contribution is 5.91. The molecule has 1 aromatic heterocycles. The summed E-state index contributed by atoms with van der Waals surface area (Å²) < 4.78 is 5.49. The number of H-pyrrole nitrogens is 1. The minimum atomic E-state index is -0.0294. The number of para-hydroxylation sites is 2. The van der Waals surface area contributed by atoms with Gasteiger partial charge in [0, 0.05) is 18.5 Å². The summed E-state index contributed by atoms with van der Waals surface area (Å²) in [4.78, 5) is 14.8. The predicted molar refractivity (Wildman–Crippen MR) is 122 cm³/mol. The molecule has 3 aromatic carbocycles. The Bertz CT molecular complexity index is 1250. The van der Waals surface area contributed by atoms with Crippen LogP contribution in [0.2, 0.25) is 0 Å². The molecule has 31 heavy (non-hydrogen) atoms. The molecule has 2 heterocycles. The number of carbonyl (C=O) groups excluding carboxylic acids is 1. The first-order valence-electron chi connectivity index (χ1n) is 10.4. The summed E-state index contributed by atoms with van der Waals surface area (Å²) >= 11 is 0. The van der Waals surface area contributed by atoms with Crippen molar-refractivity contribution in [3.05, 3.63) is 83.6 Å². The minimum Gasteiger partial charge on any atom is -0.495 e. The van der Waals surface area contributed by atoms with Crippen LogP contribution in [0.4, 0.5) is 11.5 Å². The third kappa shape index (κ3) is 3.84. The standard InChI is InChI=1S/C25H24N4O2/c1-31-23-9-5-4-8-22(23)29-15-20-21(16-29)27-28-25(20)26-24(30)13-11-17-10-12-18-6-2-3-7-19(18)14-17/h2-10,12,14H,11,13,15-16H2,1H3,(H2,26,27,28,30). The van der Waals surface area contributed by atoms with Gasteiger partial charge in [0.1, 0.15) is 5.75 Å². The molecule has 6 heteroatoms. The number of rotatable bonds is 6. The van der Waals surface area contributed by atoms with E-state index in [4.69, 9.17) is 4.74 Å². The monoisotopic (exact) mass is 412 g/mol. The number of hydrogen-bond donors (Lipinski definition) is 2. The highest BCUT2D eigenvalue weighted by Crippen LogP contribution is 2.36. The van der Waals surface area contributed by atoms with Crippen molar-refractivity contribution >= 4 is 28.2 Å². The first-order chi connectivity index (χ1) is 15.2. The number of aryl methyl sites for hydroxylation is 1. The van der Waals surface area contributed by atoms with Crippen molar-refractivity contribution in [1.82, 2.24) is 10.2 Å². The Morgan fingerprint density at radius 1 is 1.06 bits per heavy atom. The molecule has 0 radical (unpaired) electrons. The van der Waals surface area contributed by atoms with Crippen molar-refractivity contribution in [2.24, 2.45) is 0 Å². The van der Waals surface area contributed by atoms with Crippen molar-refractivity contribution < 1.29 is 9.53 Å². The maximum atomic E-state index is 12.6. The van der Waals surface area contributed by atoms with Crippen molar-refractivity contribution in [3.63, 3.8) is 0 Å². The lowest BCUT2D eigenvalue weighted by molar-refractivity contribution is -0.116. The summed E-state index contributed by atoms with van der Waals surface area (Å²) in [6.07, 6.45) is 1.10. The molecule has 156 valence electrons. The first-order valence-corrected chi connectivity index (χ1v) is 10.4. The van der Waals surface area contributed by atoms with Crippen LogP contribution in [0.3, 0.4) is 0 Å². The van der Waals surface area contributed by atoms with E-state index in [1.165, 1.54) is 10.8 Å². The highest BCUT2D eigenvalue weighted by atomic mass is 16.5. The van der Waals surface area contributed by atoms with Crippen LogP contribution >= 0.6 is 0 Å². The van der Waals surface area contributed by atoms with E-state index in [0.717, 1.165) is 28.3 Å². The predicted octanol–water partition coefficient (Wildman–Crippen LogP) is 4.66. The van der Waals surface area contributed by atoms with Crippen LogP contribution in [0.5, 0.6) is 5.75 Å². The summed E-state index contributed by atoms with van der Waals surface area (Å²) in [6.45, 7) is 1.38. The van der Waals surface area contributed by atoms with Crippen molar-refractivity contribution in [2.45, 2.75) is 25.9 Å². The minimum absolute atomic E-state index is 0.0294. The molecule has 0 aliphatic carbocycles. The molecule has 0 saturated heterocycles. The van der Waals surface area contributed by atoms with Gasteiger partial charge in [-0.3, -0.25) is 9.89 Å². The fourth-order valence-electron chi connectivity index (χ4n) is 4.15. The molecular formula is C25H24N4O2. The van der Waals surface area contributed by atoms with E-state index in [0.29, 0.717) is 31.7 Å². The third-order valence-electron chi connectivity index (χ3n) is 5.79.